The molecule has 0 aliphatic heterocycles. The average molecular weight is 1070 g/mol. The zero-order chi connectivity index (χ0) is 47.1. The second-order valence-corrected chi connectivity index (χ2v) is 14.7. The third kappa shape index (κ3) is 12.1. The van der Waals surface area contributed by atoms with Crippen LogP contribution in [0.3, 0.4) is 0 Å². The summed E-state index contributed by atoms with van der Waals surface area (Å²) in [4.78, 5) is 71.0. The average Bonchev–Trinajstić information content (AvgIpc) is 3.33. The van der Waals surface area contributed by atoms with Gasteiger partial charge >= 0.3 is 35.8 Å². The van der Waals surface area contributed by atoms with Crippen LogP contribution in [0, 0.1) is 0 Å². The van der Waals surface area contributed by atoms with Gasteiger partial charge in [0, 0.05) is 58.4 Å². The molecule has 0 fully saturated rings. The number of carboxylic acid groups (broad SMARTS) is 6. The van der Waals surface area contributed by atoms with E-state index in [1.807, 2.05) is 0 Å². The quantitative estimate of drug-likeness (QED) is 0.0629. The van der Waals surface area contributed by atoms with Gasteiger partial charge in [-0.05, 0) is 140 Å². The first kappa shape index (κ1) is 54.1. The van der Waals surface area contributed by atoms with Crippen LogP contribution in [0.2, 0.25) is 0 Å². The molecule has 0 aromatic heterocycles. The Hall–Kier alpha value is -7.55. The van der Waals surface area contributed by atoms with Gasteiger partial charge in [-0.15, -0.1) is 0 Å². The largest absolute Gasteiger partial charge is 0.478 e. The standard InChI is InChI=1S/2C27H18O6.3Zn/c2*28-25(29)22-10-4-1-7-19(22)16-13-17(20-8-2-5-11-23(20)26(30)31)15-18(14-16)21-9-3-6-12-24(21)27(32)33;;;/h2*1-15H,(H,28,29)(H,30,31)(H,32,33);;;. The van der Waals surface area contributed by atoms with Crippen molar-refractivity contribution in [2.24, 2.45) is 0 Å². The van der Waals surface area contributed by atoms with Crippen LogP contribution >= 0.6 is 0 Å². The summed E-state index contributed by atoms with van der Waals surface area (Å²) in [5.41, 5.74) is 6.30. The van der Waals surface area contributed by atoms with Crippen molar-refractivity contribution in [3.05, 3.63) is 215 Å². The number of hydrogen-bond donors (Lipinski definition) is 6. The zero-order valence-corrected chi connectivity index (χ0v) is 45.5. The van der Waals surface area contributed by atoms with E-state index in [1.165, 1.54) is 36.4 Å². The maximum absolute atomic E-state index is 11.8. The molecule has 0 atom stereocenters. The smallest absolute Gasteiger partial charge is 0.336 e. The Bertz CT molecular complexity index is 2680. The minimum absolute atomic E-state index is 0. The van der Waals surface area contributed by atoms with Crippen LogP contribution in [0.4, 0.5) is 0 Å². The maximum atomic E-state index is 11.8. The van der Waals surface area contributed by atoms with Crippen molar-refractivity contribution >= 4 is 35.8 Å². The van der Waals surface area contributed by atoms with Gasteiger partial charge in [0.1, 0.15) is 0 Å². The number of carboxylic acids is 6. The number of aromatic carboxylic acids is 6. The second kappa shape index (κ2) is 23.9. The summed E-state index contributed by atoms with van der Waals surface area (Å²) in [6, 6.07) is 49.2. The molecule has 0 aliphatic carbocycles. The first-order chi connectivity index (χ1) is 31.7. The molecular weight excluding hydrogens is 1040 g/mol. The van der Waals surface area contributed by atoms with E-state index in [-0.39, 0.29) is 91.8 Å². The summed E-state index contributed by atoms with van der Waals surface area (Å²) in [6.07, 6.45) is 0. The van der Waals surface area contributed by atoms with Crippen LogP contribution in [0.15, 0.2) is 182 Å². The Balaban J connectivity index is 0.000000288. The molecule has 12 nitrogen and oxygen atoms in total. The van der Waals surface area contributed by atoms with Crippen molar-refractivity contribution in [1.82, 2.24) is 0 Å². The minimum atomic E-state index is -1.10. The second-order valence-electron chi connectivity index (χ2n) is 14.7. The molecule has 15 heteroatoms. The monoisotopic (exact) mass is 1070 g/mol. The van der Waals surface area contributed by atoms with Gasteiger partial charge in [0.05, 0.1) is 33.4 Å². The molecule has 0 aliphatic rings. The Kier molecular flexibility index (Phi) is 18.8. The van der Waals surface area contributed by atoms with Crippen LogP contribution in [-0.2, 0) is 58.4 Å². The number of carbonyl (C=O) groups is 6. The SMILES string of the molecule is O=C(O)c1ccccc1-c1cc(-c2ccccc2C(=O)O)cc(-c2ccccc2C(=O)O)c1.O=C(O)c1ccccc1-c1cc(-c2ccccc2C(=O)O)cc(-c2ccccc2C(=O)O)c1.[Zn].[Zn].[Zn]. The van der Waals surface area contributed by atoms with Gasteiger partial charge in [0.2, 0.25) is 0 Å². The van der Waals surface area contributed by atoms with Crippen molar-refractivity contribution < 1.29 is 118 Å². The summed E-state index contributed by atoms with van der Waals surface area (Å²) in [5.74, 6) is -6.61. The fourth-order valence-corrected chi connectivity index (χ4v) is 7.72. The molecule has 0 unspecified atom stereocenters. The van der Waals surface area contributed by atoms with Crippen LogP contribution in [-0.4, -0.2) is 66.5 Å². The van der Waals surface area contributed by atoms with E-state index >= 15 is 0 Å². The van der Waals surface area contributed by atoms with E-state index in [0.29, 0.717) is 66.8 Å². The molecule has 8 aromatic carbocycles. The molecule has 330 valence electrons. The van der Waals surface area contributed by atoms with Gasteiger partial charge in [-0.3, -0.25) is 0 Å². The summed E-state index contributed by atoms with van der Waals surface area (Å²) in [5, 5.41) is 58.1. The van der Waals surface area contributed by atoms with Crippen molar-refractivity contribution in [3.63, 3.8) is 0 Å². The normalized spacial score (nSPS) is 10.1. The van der Waals surface area contributed by atoms with E-state index in [2.05, 4.69) is 0 Å². The molecule has 0 bridgehead atoms. The molecule has 0 amide bonds. The topological polar surface area (TPSA) is 224 Å². The van der Waals surface area contributed by atoms with Crippen molar-refractivity contribution in [1.29, 1.82) is 0 Å². The summed E-state index contributed by atoms with van der Waals surface area (Å²) in [6.45, 7) is 0. The van der Waals surface area contributed by atoms with Gasteiger partial charge in [-0.25, -0.2) is 28.8 Å². The molecule has 0 saturated carbocycles. The van der Waals surface area contributed by atoms with Gasteiger partial charge < -0.3 is 30.6 Å². The number of hydrogen-bond acceptors (Lipinski definition) is 6. The summed E-state index contributed by atoms with van der Waals surface area (Å²) < 4.78 is 0. The molecule has 0 spiro atoms. The fraction of sp³-hybridized carbons (Fsp3) is 0. The first-order valence-electron chi connectivity index (χ1n) is 20.0. The molecular formula is C54H36O12Zn3. The molecule has 69 heavy (non-hydrogen) atoms. The predicted molar refractivity (Wildman–Crippen MR) is 247 cm³/mol. The van der Waals surface area contributed by atoms with Crippen LogP contribution in [0.25, 0.3) is 66.8 Å². The van der Waals surface area contributed by atoms with E-state index in [4.69, 9.17) is 0 Å². The molecule has 0 radical (unpaired) electrons. The first-order valence-corrected chi connectivity index (χ1v) is 20.0. The molecule has 6 N–H and O–H groups in total. The van der Waals surface area contributed by atoms with E-state index in [9.17, 15) is 59.4 Å². The third-order valence-electron chi connectivity index (χ3n) is 10.7. The fourth-order valence-electron chi connectivity index (χ4n) is 7.72. The predicted octanol–water partition coefficient (Wildman–Crippen LogP) is 11.6. The number of rotatable bonds is 12. The van der Waals surface area contributed by atoms with E-state index in [0.717, 1.165) is 0 Å². The van der Waals surface area contributed by atoms with Gasteiger partial charge in [-0.2, -0.15) is 0 Å². The Morgan fingerprint density at radius 1 is 0.217 bits per heavy atom. The molecule has 0 saturated heterocycles. The van der Waals surface area contributed by atoms with Crippen molar-refractivity contribution in [3.8, 4) is 66.8 Å². The van der Waals surface area contributed by atoms with Crippen LogP contribution in [0.1, 0.15) is 62.1 Å². The van der Waals surface area contributed by atoms with Crippen molar-refractivity contribution in [2.45, 2.75) is 0 Å². The number of benzene rings is 8. The molecule has 8 aromatic rings. The minimum Gasteiger partial charge on any atom is -0.478 e. The van der Waals surface area contributed by atoms with E-state index < -0.39 is 35.8 Å². The Morgan fingerprint density at radius 3 is 0.449 bits per heavy atom. The van der Waals surface area contributed by atoms with Crippen molar-refractivity contribution in [2.75, 3.05) is 0 Å². The summed E-state index contributed by atoms with van der Waals surface area (Å²) >= 11 is 0. The van der Waals surface area contributed by atoms with Gasteiger partial charge in [0.25, 0.3) is 0 Å². The molecule has 0 heterocycles. The Labute approximate surface area is 432 Å². The Morgan fingerprint density at radius 2 is 0.333 bits per heavy atom. The maximum Gasteiger partial charge on any atom is 0.336 e. The van der Waals surface area contributed by atoms with Gasteiger partial charge in [-0.1, -0.05) is 109 Å². The zero-order valence-electron chi connectivity index (χ0n) is 36.6. The van der Waals surface area contributed by atoms with E-state index in [1.54, 1.807) is 146 Å². The van der Waals surface area contributed by atoms with Crippen LogP contribution in [0.5, 0.6) is 0 Å². The molecule has 8 rings (SSSR count). The summed E-state index contributed by atoms with van der Waals surface area (Å²) in [7, 11) is 0. The third-order valence-corrected chi connectivity index (χ3v) is 10.7. The van der Waals surface area contributed by atoms with Gasteiger partial charge in [0.15, 0.2) is 0 Å². The van der Waals surface area contributed by atoms with Crippen LogP contribution < -0.4 is 0 Å².